The molecule has 4 rings (SSSR count). The third-order valence-corrected chi connectivity index (χ3v) is 7.57. The van der Waals surface area contributed by atoms with E-state index in [9.17, 15) is 13.2 Å². The van der Waals surface area contributed by atoms with Gasteiger partial charge in [-0.1, -0.05) is 30.3 Å². The van der Waals surface area contributed by atoms with Crippen LogP contribution in [0.25, 0.3) is 10.8 Å². The Hall–Kier alpha value is -2.90. The van der Waals surface area contributed by atoms with Crippen molar-refractivity contribution in [3.8, 4) is 5.75 Å². The number of benzene rings is 3. The molecule has 0 aliphatic carbocycles. The summed E-state index contributed by atoms with van der Waals surface area (Å²) in [6.07, 6.45) is 1.08. The van der Waals surface area contributed by atoms with Crippen LogP contribution in [0.15, 0.2) is 71.6 Å². The molecule has 1 fully saturated rings. The molecular formula is C25H28N2O4S. The third-order valence-electron chi connectivity index (χ3n) is 5.68. The smallest absolute Gasteiger partial charge is 0.243 e. The van der Waals surface area contributed by atoms with Crippen LogP contribution in [-0.2, 0) is 14.8 Å². The van der Waals surface area contributed by atoms with E-state index in [-0.39, 0.29) is 17.9 Å². The Kier molecular flexibility index (Phi) is 6.48. The molecule has 0 atom stereocenters. The molecule has 0 unspecified atom stereocenters. The van der Waals surface area contributed by atoms with Crippen molar-refractivity contribution in [2.45, 2.75) is 37.7 Å². The van der Waals surface area contributed by atoms with Gasteiger partial charge in [0.1, 0.15) is 5.75 Å². The molecule has 7 heteroatoms. The van der Waals surface area contributed by atoms with Crippen molar-refractivity contribution in [2.75, 3.05) is 18.4 Å². The topological polar surface area (TPSA) is 75.7 Å². The maximum absolute atomic E-state index is 13.1. The van der Waals surface area contributed by atoms with Crippen LogP contribution in [0.5, 0.6) is 5.75 Å². The van der Waals surface area contributed by atoms with E-state index >= 15 is 0 Å². The first-order valence-corrected chi connectivity index (χ1v) is 12.3. The van der Waals surface area contributed by atoms with Crippen LogP contribution in [0, 0.1) is 5.92 Å². The predicted molar refractivity (Wildman–Crippen MR) is 126 cm³/mol. The van der Waals surface area contributed by atoms with Gasteiger partial charge in [0.15, 0.2) is 0 Å². The second-order valence-electron chi connectivity index (χ2n) is 8.37. The molecule has 3 aromatic rings. The summed E-state index contributed by atoms with van der Waals surface area (Å²) in [6.45, 7) is 4.58. The Balaban J connectivity index is 1.37. The molecule has 1 aliphatic heterocycles. The number of amides is 1. The van der Waals surface area contributed by atoms with Crippen molar-refractivity contribution in [1.29, 1.82) is 0 Å². The molecule has 168 valence electrons. The van der Waals surface area contributed by atoms with Gasteiger partial charge in [-0.05, 0) is 73.9 Å². The molecule has 32 heavy (non-hydrogen) atoms. The van der Waals surface area contributed by atoms with Gasteiger partial charge >= 0.3 is 0 Å². The minimum Gasteiger partial charge on any atom is -0.491 e. The average molecular weight is 453 g/mol. The van der Waals surface area contributed by atoms with Crippen molar-refractivity contribution in [1.82, 2.24) is 4.31 Å². The monoisotopic (exact) mass is 452 g/mol. The van der Waals surface area contributed by atoms with E-state index in [1.54, 1.807) is 12.1 Å². The zero-order valence-corrected chi connectivity index (χ0v) is 19.1. The van der Waals surface area contributed by atoms with Gasteiger partial charge < -0.3 is 10.1 Å². The molecule has 1 N–H and O–H groups in total. The van der Waals surface area contributed by atoms with E-state index in [1.807, 2.05) is 68.4 Å². The highest BCUT2D eigenvalue weighted by atomic mass is 32.2. The van der Waals surface area contributed by atoms with Crippen LogP contribution >= 0.6 is 0 Å². The molecule has 0 radical (unpaired) electrons. The van der Waals surface area contributed by atoms with Gasteiger partial charge in [0, 0.05) is 24.7 Å². The number of carbonyl (C=O) groups is 1. The highest BCUT2D eigenvalue weighted by molar-refractivity contribution is 7.89. The van der Waals surface area contributed by atoms with E-state index in [4.69, 9.17) is 4.74 Å². The second-order valence-corrected chi connectivity index (χ2v) is 10.3. The van der Waals surface area contributed by atoms with Crippen molar-refractivity contribution in [3.63, 3.8) is 0 Å². The van der Waals surface area contributed by atoms with Crippen LogP contribution < -0.4 is 10.1 Å². The fourth-order valence-electron chi connectivity index (χ4n) is 3.97. The van der Waals surface area contributed by atoms with Crippen LogP contribution in [-0.4, -0.2) is 37.8 Å². The van der Waals surface area contributed by atoms with E-state index in [2.05, 4.69) is 5.32 Å². The van der Waals surface area contributed by atoms with Gasteiger partial charge in [0.2, 0.25) is 15.9 Å². The lowest BCUT2D eigenvalue weighted by atomic mass is 9.97. The number of sulfonamides is 1. The summed E-state index contributed by atoms with van der Waals surface area (Å²) >= 11 is 0. The number of rotatable bonds is 6. The molecule has 0 saturated carbocycles. The Morgan fingerprint density at radius 3 is 2.28 bits per heavy atom. The number of fused-ring (bicyclic) bond motifs is 1. The van der Waals surface area contributed by atoms with Crippen molar-refractivity contribution >= 4 is 32.4 Å². The SMILES string of the molecule is CC(C)Oc1ccc(NC(=O)C2CCN(S(=O)(=O)c3ccc4ccccc4c3)CC2)cc1. The van der Waals surface area contributed by atoms with E-state index in [0.717, 1.165) is 16.5 Å². The first kappa shape index (κ1) is 22.3. The summed E-state index contributed by atoms with van der Waals surface area (Å²) in [6, 6.07) is 20.2. The number of piperidine rings is 1. The number of ether oxygens (including phenoxy) is 1. The zero-order chi connectivity index (χ0) is 22.7. The van der Waals surface area contributed by atoms with Crippen molar-refractivity contribution < 1.29 is 17.9 Å². The van der Waals surface area contributed by atoms with Crippen molar-refractivity contribution in [2.24, 2.45) is 5.92 Å². The summed E-state index contributed by atoms with van der Waals surface area (Å²) in [5, 5.41) is 4.84. The summed E-state index contributed by atoms with van der Waals surface area (Å²) in [7, 11) is -3.59. The fraction of sp³-hybridized carbons (Fsp3) is 0.320. The minimum atomic E-state index is -3.59. The molecule has 1 heterocycles. The molecule has 1 amide bonds. The molecular weight excluding hydrogens is 424 g/mol. The lowest BCUT2D eigenvalue weighted by Crippen LogP contribution is -2.41. The standard InChI is InChI=1S/C25H28N2O4S/c1-18(2)31-23-10-8-22(9-11-23)26-25(28)20-13-15-27(16-14-20)32(29,30)24-12-7-19-5-3-4-6-21(19)17-24/h3-12,17-18,20H,13-16H2,1-2H3,(H,26,28). The van der Waals surface area contributed by atoms with Gasteiger partial charge in [-0.3, -0.25) is 4.79 Å². The number of hydrogen-bond acceptors (Lipinski definition) is 4. The predicted octanol–water partition coefficient (Wildman–Crippen LogP) is 4.67. The first-order valence-electron chi connectivity index (χ1n) is 10.9. The largest absolute Gasteiger partial charge is 0.491 e. The zero-order valence-electron chi connectivity index (χ0n) is 18.3. The fourth-order valence-corrected chi connectivity index (χ4v) is 5.47. The normalized spacial score (nSPS) is 15.7. The van der Waals surface area contributed by atoms with Crippen LogP contribution in [0.4, 0.5) is 5.69 Å². The molecule has 0 aromatic heterocycles. The number of nitrogens with zero attached hydrogens (tertiary/aromatic N) is 1. The number of nitrogens with one attached hydrogen (secondary N) is 1. The van der Waals surface area contributed by atoms with Gasteiger partial charge in [0.25, 0.3) is 0 Å². The Labute approximate surface area is 189 Å². The average Bonchev–Trinajstić information content (AvgIpc) is 2.79. The van der Waals surface area contributed by atoms with Crippen LogP contribution in [0.3, 0.4) is 0 Å². The summed E-state index contributed by atoms with van der Waals surface area (Å²) in [4.78, 5) is 13.0. The third kappa shape index (κ3) is 4.95. The lowest BCUT2D eigenvalue weighted by molar-refractivity contribution is -0.120. The van der Waals surface area contributed by atoms with Crippen molar-refractivity contribution in [3.05, 3.63) is 66.7 Å². The Bertz CT molecular complexity index is 1200. The highest BCUT2D eigenvalue weighted by Crippen LogP contribution is 2.27. The molecule has 0 bridgehead atoms. The second kappa shape index (κ2) is 9.30. The molecule has 0 spiro atoms. The van der Waals surface area contributed by atoms with E-state index in [1.165, 1.54) is 4.31 Å². The van der Waals surface area contributed by atoms with Gasteiger partial charge in [-0.15, -0.1) is 0 Å². The summed E-state index contributed by atoms with van der Waals surface area (Å²) in [5.74, 6) is 0.458. The summed E-state index contributed by atoms with van der Waals surface area (Å²) < 4.78 is 33.3. The molecule has 6 nitrogen and oxygen atoms in total. The first-order chi connectivity index (χ1) is 15.3. The maximum Gasteiger partial charge on any atom is 0.243 e. The van der Waals surface area contributed by atoms with Crippen LogP contribution in [0.2, 0.25) is 0 Å². The van der Waals surface area contributed by atoms with Crippen LogP contribution in [0.1, 0.15) is 26.7 Å². The highest BCUT2D eigenvalue weighted by Gasteiger charge is 2.32. The van der Waals surface area contributed by atoms with Gasteiger partial charge in [-0.25, -0.2) is 8.42 Å². The molecule has 1 aliphatic rings. The quantitative estimate of drug-likeness (QED) is 0.590. The molecule has 1 saturated heterocycles. The molecule has 3 aromatic carbocycles. The van der Waals surface area contributed by atoms with E-state index in [0.29, 0.717) is 36.5 Å². The maximum atomic E-state index is 13.1. The Morgan fingerprint density at radius 1 is 0.969 bits per heavy atom. The number of anilines is 1. The van der Waals surface area contributed by atoms with Gasteiger partial charge in [0.05, 0.1) is 11.0 Å². The number of carbonyl (C=O) groups excluding carboxylic acids is 1. The van der Waals surface area contributed by atoms with Gasteiger partial charge in [-0.2, -0.15) is 4.31 Å². The Morgan fingerprint density at radius 2 is 1.62 bits per heavy atom. The van der Waals surface area contributed by atoms with E-state index < -0.39 is 10.0 Å². The number of hydrogen-bond donors (Lipinski definition) is 1. The summed E-state index contributed by atoms with van der Waals surface area (Å²) in [5.41, 5.74) is 0.706. The lowest BCUT2D eigenvalue weighted by Gasteiger charge is -2.30. The minimum absolute atomic E-state index is 0.0784.